The summed E-state index contributed by atoms with van der Waals surface area (Å²) in [5.74, 6) is 0. The molecule has 0 fully saturated rings. The van der Waals surface area contributed by atoms with Crippen molar-refractivity contribution in [3.8, 4) is 0 Å². The molecule has 0 aliphatic carbocycles. The normalized spacial score (nSPS) is 12.4. The first kappa shape index (κ1) is 11.7. The van der Waals surface area contributed by atoms with Gasteiger partial charge >= 0.3 is 0 Å². The van der Waals surface area contributed by atoms with Crippen molar-refractivity contribution in [3.63, 3.8) is 0 Å². The number of rotatable bonds is 4. The van der Waals surface area contributed by atoms with Gasteiger partial charge in [-0.05, 0) is 18.4 Å². The molecular weight excluding hydrogens is 258 g/mol. The summed E-state index contributed by atoms with van der Waals surface area (Å²) < 4.78 is 0. The van der Waals surface area contributed by atoms with Crippen LogP contribution in [-0.2, 0) is 6.42 Å². The van der Waals surface area contributed by atoms with Gasteiger partial charge in [-0.1, -0.05) is 59.3 Å². The lowest BCUT2D eigenvalue weighted by Crippen LogP contribution is -2.09. The van der Waals surface area contributed by atoms with E-state index in [-0.39, 0.29) is 0 Å². The lowest BCUT2D eigenvalue weighted by Gasteiger charge is -2.07. The van der Waals surface area contributed by atoms with Crippen LogP contribution < -0.4 is 5.73 Å². The third-order valence-electron chi connectivity index (χ3n) is 2.14. The molecule has 3 heteroatoms. The van der Waals surface area contributed by atoms with Gasteiger partial charge in [0, 0.05) is 10.4 Å². The Morgan fingerprint density at radius 1 is 1.43 bits per heavy atom. The average molecular weight is 272 g/mol. The molecule has 1 aromatic rings. The van der Waals surface area contributed by atoms with Gasteiger partial charge in [-0.2, -0.15) is 0 Å². The Morgan fingerprint density at radius 2 is 2.00 bits per heavy atom. The maximum absolute atomic E-state index is 5.51. The zero-order chi connectivity index (χ0) is 10.6. The largest absolute Gasteiger partial charge is 0.389 e. The zero-order valence-electron chi connectivity index (χ0n) is 8.16. The molecule has 2 N–H and O–H groups in total. The molecular formula is C11H14BrNS. The van der Waals surface area contributed by atoms with Gasteiger partial charge in [0.05, 0.1) is 0 Å². The van der Waals surface area contributed by atoms with Gasteiger partial charge in [-0.25, -0.2) is 0 Å². The van der Waals surface area contributed by atoms with Gasteiger partial charge in [0.25, 0.3) is 0 Å². The number of hydrogen-bond donors (Lipinski definition) is 1. The quantitative estimate of drug-likeness (QED) is 0.673. The monoisotopic (exact) mass is 271 g/mol. The highest BCUT2D eigenvalue weighted by Crippen LogP contribution is 2.13. The third-order valence-corrected chi connectivity index (χ3v) is 3.35. The molecule has 1 rings (SSSR count). The molecule has 0 radical (unpaired) electrons. The van der Waals surface area contributed by atoms with Crippen LogP contribution >= 0.6 is 28.1 Å². The van der Waals surface area contributed by atoms with E-state index < -0.39 is 0 Å². The Morgan fingerprint density at radius 3 is 2.43 bits per heavy atom. The summed E-state index contributed by atoms with van der Waals surface area (Å²) in [5, 5.41) is 0. The Balaban J connectivity index is 2.68. The number of nitrogens with two attached hydrogens (primary N) is 1. The number of thiocarbonyl (C=S) groups is 1. The average Bonchev–Trinajstić information content (AvgIpc) is 2.18. The van der Waals surface area contributed by atoms with E-state index in [4.69, 9.17) is 18.0 Å². The molecule has 0 bridgehead atoms. The summed E-state index contributed by atoms with van der Waals surface area (Å²) >= 11 is 8.49. The zero-order valence-corrected chi connectivity index (χ0v) is 10.6. The van der Waals surface area contributed by atoms with Gasteiger partial charge in [0.2, 0.25) is 0 Å². The lowest BCUT2D eigenvalue weighted by atomic mass is 10.1. The van der Waals surface area contributed by atoms with Crippen molar-refractivity contribution in [3.05, 3.63) is 35.4 Å². The van der Waals surface area contributed by atoms with Gasteiger partial charge in [-0.15, -0.1) is 0 Å². The maximum Gasteiger partial charge on any atom is 0.103 e. The highest BCUT2D eigenvalue weighted by atomic mass is 79.9. The van der Waals surface area contributed by atoms with E-state index in [0.717, 1.165) is 18.4 Å². The number of halogens is 1. The van der Waals surface area contributed by atoms with E-state index in [2.05, 4.69) is 35.0 Å². The minimum absolute atomic E-state index is 0.461. The van der Waals surface area contributed by atoms with Crippen LogP contribution in [0.4, 0.5) is 0 Å². The molecule has 0 aliphatic heterocycles. The van der Waals surface area contributed by atoms with Crippen molar-refractivity contribution in [1.29, 1.82) is 0 Å². The highest BCUT2D eigenvalue weighted by Gasteiger charge is 2.02. The Kier molecular flexibility index (Phi) is 4.55. The second kappa shape index (κ2) is 5.47. The number of benzene rings is 1. The Labute approximate surface area is 98.8 Å². The SMILES string of the molecule is CCC(Br)Cc1ccc(C(N)=S)cc1. The van der Waals surface area contributed by atoms with E-state index in [9.17, 15) is 0 Å². The second-order valence-corrected chi connectivity index (χ2v) is 5.01. The fourth-order valence-corrected chi connectivity index (χ4v) is 1.72. The Bertz CT molecular complexity index is 308. The van der Waals surface area contributed by atoms with Gasteiger partial charge in [0.1, 0.15) is 4.99 Å². The summed E-state index contributed by atoms with van der Waals surface area (Å²) in [7, 11) is 0. The smallest absolute Gasteiger partial charge is 0.103 e. The van der Waals surface area contributed by atoms with E-state index >= 15 is 0 Å². The van der Waals surface area contributed by atoms with Crippen LogP contribution in [0.25, 0.3) is 0 Å². The summed E-state index contributed by atoms with van der Waals surface area (Å²) in [5.41, 5.74) is 7.76. The molecule has 0 heterocycles. The first-order valence-corrected chi connectivity index (χ1v) is 5.98. The number of hydrogen-bond acceptors (Lipinski definition) is 1. The van der Waals surface area contributed by atoms with E-state index in [0.29, 0.717) is 9.82 Å². The fourth-order valence-electron chi connectivity index (χ4n) is 1.21. The fraction of sp³-hybridized carbons (Fsp3) is 0.364. The summed E-state index contributed by atoms with van der Waals surface area (Å²) in [6.45, 7) is 2.17. The van der Waals surface area contributed by atoms with Crippen molar-refractivity contribution in [2.24, 2.45) is 5.73 Å². The van der Waals surface area contributed by atoms with Crippen molar-refractivity contribution >= 4 is 33.1 Å². The van der Waals surface area contributed by atoms with Gasteiger partial charge in [0.15, 0.2) is 0 Å². The molecule has 14 heavy (non-hydrogen) atoms. The van der Waals surface area contributed by atoms with Crippen molar-refractivity contribution < 1.29 is 0 Å². The molecule has 1 atom stereocenters. The second-order valence-electron chi connectivity index (χ2n) is 3.27. The van der Waals surface area contributed by atoms with E-state index in [1.165, 1.54) is 5.56 Å². The molecule has 1 nitrogen and oxygen atoms in total. The van der Waals surface area contributed by atoms with Crippen LogP contribution in [-0.4, -0.2) is 9.82 Å². The van der Waals surface area contributed by atoms with Crippen LogP contribution in [0.1, 0.15) is 24.5 Å². The lowest BCUT2D eigenvalue weighted by molar-refractivity contribution is 0.830. The van der Waals surface area contributed by atoms with E-state index in [1.54, 1.807) is 0 Å². The minimum atomic E-state index is 0.461. The molecule has 0 amide bonds. The van der Waals surface area contributed by atoms with E-state index in [1.807, 2.05) is 12.1 Å². The Hall–Kier alpha value is -0.410. The van der Waals surface area contributed by atoms with Crippen molar-refractivity contribution in [1.82, 2.24) is 0 Å². The van der Waals surface area contributed by atoms with Crippen LogP contribution in [0.5, 0.6) is 0 Å². The molecule has 0 aliphatic rings. The molecule has 1 unspecified atom stereocenters. The van der Waals surface area contributed by atoms with Crippen LogP contribution in [0.15, 0.2) is 24.3 Å². The van der Waals surface area contributed by atoms with Crippen LogP contribution in [0.2, 0.25) is 0 Å². The third kappa shape index (κ3) is 3.39. The molecule has 0 saturated heterocycles. The highest BCUT2D eigenvalue weighted by molar-refractivity contribution is 9.09. The van der Waals surface area contributed by atoms with Crippen molar-refractivity contribution in [2.45, 2.75) is 24.6 Å². The predicted octanol–water partition coefficient (Wildman–Crippen LogP) is 3.04. The molecule has 0 saturated carbocycles. The number of alkyl halides is 1. The van der Waals surface area contributed by atoms with Crippen LogP contribution in [0.3, 0.4) is 0 Å². The molecule has 76 valence electrons. The molecule has 1 aromatic carbocycles. The maximum atomic E-state index is 5.51. The summed E-state index contributed by atoms with van der Waals surface area (Å²) in [4.78, 5) is 1.01. The standard InChI is InChI=1S/C11H14BrNS/c1-2-10(12)7-8-3-5-9(6-4-8)11(13)14/h3-6,10H,2,7H2,1H3,(H2,13,14). The van der Waals surface area contributed by atoms with Gasteiger partial charge < -0.3 is 5.73 Å². The van der Waals surface area contributed by atoms with Crippen LogP contribution in [0, 0.1) is 0 Å². The summed E-state index contributed by atoms with van der Waals surface area (Å²) in [6, 6.07) is 8.12. The predicted molar refractivity (Wildman–Crippen MR) is 69.0 cm³/mol. The van der Waals surface area contributed by atoms with Crippen molar-refractivity contribution in [2.75, 3.05) is 0 Å². The molecule has 0 spiro atoms. The van der Waals surface area contributed by atoms with Gasteiger partial charge in [-0.3, -0.25) is 0 Å². The summed E-state index contributed by atoms with van der Waals surface area (Å²) in [6.07, 6.45) is 2.19. The minimum Gasteiger partial charge on any atom is -0.389 e. The first-order chi connectivity index (χ1) is 6.63. The molecule has 0 aromatic heterocycles. The topological polar surface area (TPSA) is 26.0 Å². The first-order valence-electron chi connectivity index (χ1n) is 4.66.